The Hall–Kier alpha value is -3.75. The normalized spacial score (nSPS) is 15.3. The number of ether oxygens (including phenoxy) is 2. The molecule has 8 nitrogen and oxygen atoms in total. The van der Waals surface area contributed by atoms with Crippen LogP contribution >= 0.6 is 11.6 Å². The van der Waals surface area contributed by atoms with Crippen LogP contribution in [0.3, 0.4) is 0 Å². The maximum Gasteiger partial charge on any atom is 0.262 e. The SMILES string of the molecule is COc1cc(NCc2ccccc2OCCCCN2CCN(C(C)=O)CC2)ccc1C(=O)N1CCCCc2cc(Cl)ccc21. The van der Waals surface area contributed by atoms with Gasteiger partial charge in [0.25, 0.3) is 5.91 Å². The van der Waals surface area contributed by atoms with E-state index in [1.807, 2.05) is 64.4 Å². The molecule has 0 spiro atoms. The fourth-order valence-electron chi connectivity index (χ4n) is 5.95. The van der Waals surface area contributed by atoms with E-state index in [0.717, 1.165) is 93.1 Å². The number of aryl methyl sites for hydroxylation is 1. The average molecular weight is 619 g/mol. The number of benzene rings is 3. The van der Waals surface area contributed by atoms with Gasteiger partial charge in [0.1, 0.15) is 11.5 Å². The second-order valence-corrected chi connectivity index (χ2v) is 11.9. The monoisotopic (exact) mass is 618 g/mol. The topological polar surface area (TPSA) is 74.3 Å². The summed E-state index contributed by atoms with van der Waals surface area (Å²) in [7, 11) is 1.60. The number of fused-ring (bicyclic) bond motifs is 1. The van der Waals surface area contributed by atoms with Gasteiger partial charge in [0.15, 0.2) is 0 Å². The highest BCUT2D eigenvalue weighted by molar-refractivity contribution is 6.30. The Morgan fingerprint density at radius 3 is 2.52 bits per heavy atom. The van der Waals surface area contributed by atoms with Gasteiger partial charge in [-0.05, 0) is 80.6 Å². The number of halogens is 1. The first-order chi connectivity index (χ1) is 21.4. The number of hydrogen-bond donors (Lipinski definition) is 1. The lowest BCUT2D eigenvalue weighted by atomic mass is 10.1. The Labute approximate surface area is 265 Å². The van der Waals surface area contributed by atoms with Gasteiger partial charge in [-0.15, -0.1) is 0 Å². The Bertz CT molecular complexity index is 1440. The fraction of sp³-hybridized carbons (Fsp3) is 0.429. The summed E-state index contributed by atoms with van der Waals surface area (Å²) >= 11 is 6.25. The van der Waals surface area contributed by atoms with Crippen molar-refractivity contribution >= 4 is 34.8 Å². The predicted molar refractivity (Wildman–Crippen MR) is 176 cm³/mol. The Morgan fingerprint density at radius 1 is 0.909 bits per heavy atom. The highest BCUT2D eigenvalue weighted by Gasteiger charge is 2.25. The van der Waals surface area contributed by atoms with Gasteiger partial charge in [-0.25, -0.2) is 0 Å². The van der Waals surface area contributed by atoms with Crippen molar-refractivity contribution in [1.82, 2.24) is 9.80 Å². The van der Waals surface area contributed by atoms with Crippen molar-refractivity contribution in [1.29, 1.82) is 0 Å². The summed E-state index contributed by atoms with van der Waals surface area (Å²) in [4.78, 5) is 31.5. The number of nitrogens with one attached hydrogen (secondary N) is 1. The third-order valence-corrected chi connectivity index (χ3v) is 8.72. The van der Waals surface area contributed by atoms with E-state index in [-0.39, 0.29) is 11.8 Å². The molecular weight excluding hydrogens is 576 g/mol. The molecule has 9 heteroatoms. The van der Waals surface area contributed by atoms with E-state index in [2.05, 4.69) is 16.3 Å². The minimum Gasteiger partial charge on any atom is -0.496 e. The molecule has 2 aliphatic heterocycles. The van der Waals surface area contributed by atoms with E-state index in [1.165, 1.54) is 0 Å². The molecule has 3 aromatic rings. The number of anilines is 2. The molecule has 0 aliphatic carbocycles. The van der Waals surface area contributed by atoms with Crippen molar-refractivity contribution in [2.45, 2.75) is 45.6 Å². The van der Waals surface area contributed by atoms with E-state index < -0.39 is 0 Å². The lowest BCUT2D eigenvalue weighted by Gasteiger charge is -2.34. The van der Waals surface area contributed by atoms with Gasteiger partial charge < -0.3 is 24.6 Å². The minimum atomic E-state index is -0.0732. The Balaban J connectivity index is 1.15. The van der Waals surface area contributed by atoms with E-state index in [4.69, 9.17) is 21.1 Å². The van der Waals surface area contributed by atoms with Crippen molar-refractivity contribution in [3.63, 3.8) is 0 Å². The van der Waals surface area contributed by atoms with Gasteiger partial charge in [-0.1, -0.05) is 29.8 Å². The molecule has 0 radical (unpaired) electrons. The lowest BCUT2D eigenvalue weighted by molar-refractivity contribution is -0.130. The van der Waals surface area contributed by atoms with Crippen molar-refractivity contribution in [2.24, 2.45) is 0 Å². The molecule has 234 valence electrons. The molecular formula is C35H43ClN4O4. The van der Waals surface area contributed by atoms with Crippen LogP contribution in [0.1, 0.15) is 54.1 Å². The molecule has 0 aromatic heterocycles. The summed E-state index contributed by atoms with van der Waals surface area (Å²) in [6, 6.07) is 19.5. The van der Waals surface area contributed by atoms with Gasteiger partial charge in [0.05, 0.1) is 19.3 Å². The second-order valence-electron chi connectivity index (χ2n) is 11.5. The smallest absolute Gasteiger partial charge is 0.262 e. The van der Waals surface area contributed by atoms with Gasteiger partial charge >= 0.3 is 0 Å². The van der Waals surface area contributed by atoms with E-state index in [9.17, 15) is 9.59 Å². The van der Waals surface area contributed by atoms with Crippen molar-refractivity contribution in [2.75, 3.05) is 63.2 Å². The number of carbonyl (C=O) groups is 2. The van der Waals surface area contributed by atoms with Crippen LogP contribution in [0, 0.1) is 0 Å². The number of methoxy groups -OCH3 is 1. The molecule has 2 amide bonds. The number of unbranched alkanes of at least 4 members (excludes halogenated alkanes) is 1. The molecule has 0 unspecified atom stereocenters. The maximum absolute atomic E-state index is 13.7. The molecule has 1 saturated heterocycles. The summed E-state index contributed by atoms with van der Waals surface area (Å²) in [6.45, 7) is 8.08. The highest BCUT2D eigenvalue weighted by atomic mass is 35.5. The molecule has 2 aliphatic rings. The van der Waals surface area contributed by atoms with Crippen molar-refractivity contribution in [3.05, 3.63) is 82.4 Å². The molecule has 0 atom stereocenters. The van der Waals surface area contributed by atoms with Crippen LogP contribution in [0.15, 0.2) is 60.7 Å². The van der Waals surface area contributed by atoms with Crippen LogP contribution in [-0.4, -0.2) is 74.6 Å². The summed E-state index contributed by atoms with van der Waals surface area (Å²) in [5.41, 5.74) is 4.48. The van der Waals surface area contributed by atoms with Crippen LogP contribution in [0.4, 0.5) is 11.4 Å². The number of carbonyl (C=O) groups excluding carboxylic acids is 2. The number of amides is 2. The van der Waals surface area contributed by atoms with Crippen LogP contribution in [0.2, 0.25) is 5.02 Å². The number of para-hydroxylation sites is 1. The largest absolute Gasteiger partial charge is 0.496 e. The zero-order valence-corrected chi connectivity index (χ0v) is 26.6. The minimum absolute atomic E-state index is 0.0732. The summed E-state index contributed by atoms with van der Waals surface area (Å²) < 4.78 is 11.9. The molecule has 5 rings (SSSR count). The first kappa shape index (κ1) is 31.7. The second kappa shape index (κ2) is 15.3. The molecule has 1 N–H and O–H groups in total. The van der Waals surface area contributed by atoms with E-state index in [0.29, 0.717) is 36.0 Å². The van der Waals surface area contributed by atoms with Crippen LogP contribution < -0.4 is 19.7 Å². The lowest BCUT2D eigenvalue weighted by Crippen LogP contribution is -2.48. The van der Waals surface area contributed by atoms with Crippen LogP contribution in [0.25, 0.3) is 0 Å². The quantitative estimate of drug-likeness (QED) is 0.256. The standard InChI is InChI=1S/C35H43ClN4O4/c1-26(41)39-20-18-38(19-21-39)16-7-8-22-44-33-11-4-3-10-28(33)25-37-30-13-14-31(34(24-30)43-2)35(42)40-17-6-5-9-27-23-29(36)12-15-32(27)40/h3-4,10-15,23-24,37H,5-9,16-22,25H2,1-2H3. The van der Waals surface area contributed by atoms with E-state index >= 15 is 0 Å². The van der Waals surface area contributed by atoms with Crippen molar-refractivity contribution < 1.29 is 19.1 Å². The first-order valence-corrected chi connectivity index (χ1v) is 16.0. The molecule has 3 aromatic carbocycles. The average Bonchev–Trinajstić information content (AvgIpc) is 3.26. The molecule has 1 fully saturated rings. The zero-order valence-electron chi connectivity index (χ0n) is 25.8. The third kappa shape index (κ3) is 8.04. The summed E-state index contributed by atoms with van der Waals surface area (Å²) in [6.07, 6.45) is 4.88. The van der Waals surface area contributed by atoms with Gasteiger partial charge in [0.2, 0.25) is 5.91 Å². The maximum atomic E-state index is 13.7. The van der Waals surface area contributed by atoms with Crippen LogP contribution in [-0.2, 0) is 17.8 Å². The Morgan fingerprint density at radius 2 is 1.73 bits per heavy atom. The Kier molecular flexibility index (Phi) is 11.0. The number of rotatable bonds is 11. The zero-order chi connectivity index (χ0) is 30.9. The van der Waals surface area contributed by atoms with Crippen LogP contribution in [0.5, 0.6) is 11.5 Å². The summed E-state index contributed by atoms with van der Waals surface area (Å²) in [5, 5.41) is 4.17. The highest BCUT2D eigenvalue weighted by Crippen LogP contribution is 2.33. The van der Waals surface area contributed by atoms with E-state index in [1.54, 1.807) is 14.0 Å². The molecule has 0 bridgehead atoms. The third-order valence-electron chi connectivity index (χ3n) is 8.49. The number of piperazine rings is 1. The van der Waals surface area contributed by atoms with Crippen molar-refractivity contribution in [3.8, 4) is 11.5 Å². The number of nitrogens with zero attached hydrogens (tertiary/aromatic N) is 3. The predicted octanol–water partition coefficient (Wildman–Crippen LogP) is 6.27. The van der Waals surface area contributed by atoms with Gasteiger partial charge in [-0.2, -0.15) is 0 Å². The van der Waals surface area contributed by atoms with Gasteiger partial charge in [-0.3, -0.25) is 14.5 Å². The molecule has 44 heavy (non-hydrogen) atoms. The molecule has 2 heterocycles. The number of hydrogen-bond acceptors (Lipinski definition) is 6. The summed E-state index contributed by atoms with van der Waals surface area (Å²) in [5.74, 6) is 1.50. The fourth-order valence-corrected chi connectivity index (χ4v) is 6.15. The van der Waals surface area contributed by atoms with Gasteiger partial charge in [0, 0.05) is 74.2 Å². The first-order valence-electron chi connectivity index (χ1n) is 15.6. The molecule has 0 saturated carbocycles.